The number of hydrogen-bond acceptors (Lipinski definition) is 6. The Morgan fingerprint density at radius 3 is 2.08 bits per heavy atom. The summed E-state index contributed by atoms with van der Waals surface area (Å²) in [5.41, 5.74) is 0. The van der Waals surface area contributed by atoms with Gasteiger partial charge in [0.15, 0.2) is 6.10 Å². The Balaban J connectivity index is 2.92. The first-order chi connectivity index (χ1) is 11.4. The van der Waals surface area contributed by atoms with E-state index in [0.29, 0.717) is 17.9 Å². The van der Waals surface area contributed by atoms with Crippen molar-refractivity contribution in [2.24, 2.45) is 0 Å². The molecule has 1 aromatic rings. The summed E-state index contributed by atoms with van der Waals surface area (Å²) in [4.78, 5) is 22.7. The number of ether oxygens (including phenoxy) is 4. The van der Waals surface area contributed by atoms with Crippen molar-refractivity contribution in [1.29, 1.82) is 0 Å². The van der Waals surface area contributed by atoms with Crippen LogP contribution in [-0.4, -0.2) is 37.4 Å². The van der Waals surface area contributed by atoms with Gasteiger partial charge in [-0.05, 0) is 31.2 Å². The van der Waals surface area contributed by atoms with E-state index in [1.54, 1.807) is 44.4 Å². The normalized spacial score (nSPS) is 14.0. The van der Waals surface area contributed by atoms with E-state index in [4.69, 9.17) is 18.9 Å². The molecule has 1 aromatic carbocycles. The third-order valence-electron chi connectivity index (χ3n) is 3.23. The Bertz CT molecular complexity index is 551. The molecule has 1 rings (SSSR count). The highest BCUT2D eigenvalue weighted by atomic mass is 16.6. The molecule has 0 saturated carbocycles. The van der Waals surface area contributed by atoms with Gasteiger partial charge in [-0.3, -0.25) is 9.59 Å². The van der Waals surface area contributed by atoms with E-state index in [-0.39, 0.29) is 0 Å². The fourth-order valence-electron chi connectivity index (χ4n) is 2.23. The molecule has 6 nitrogen and oxygen atoms in total. The Labute approximate surface area is 142 Å². The van der Waals surface area contributed by atoms with Gasteiger partial charge in [0, 0.05) is 20.3 Å². The van der Waals surface area contributed by atoms with Crippen molar-refractivity contribution in [3.8, 4) is 11.5 Å². The lowest BCUT2D eigenvalue weighted by atomic mass is 10.1. The summed E-state index contributed by atoms with van der Waals surface area (Å²) < 4.78 is 21.5. The van der Waals surface area contributed by atoms with E-state index in [2.05, 4.69) is 6.58 Å². The predicted molar refractivity (Wildman–Crippen MR) is 89.0 cm³/mol. The van der Waals surface area contributed by atoms with Crippen LogP contribution in [0.3, 0.4) is 0 Å². The minimum absolute atomic E-state index is 0.341. The summed E-state index contributed by atoms with van der Waals surface area (Å²) in [6.07, 6.45) is -0.0202. The van der Waals surface area contributed by atoms with E-state index in [1.807, 2.05) is 0 Å². The molecule has 0 aliphatic rings. The molecule has 3 atom stereocenters. The van der Waals surface area contributed by atoms with Gasteiger partial charge in [-0.15, -0.1) is 6.58 Å². The zero-order valence-electron chi connectivity index (χ0n) is 14.5. The Kier molecular flexibility index (Phi) is 7.82. The molecule has 0 fully saturated rings. The first kappa shape index (κ1) is 19.5. The minimum atomic E-state index is -0.758. The highest BCUT2D eigenvalue weighted by Crippen LogP contribution is 2.22. The second-order valence-electron chi connectivity index (χ2n) is 5.24. The zero-order chi connectivity index (χ0) is 18.1. The zero-order valence-corrected chi connectivity index (χ0v) is 14.5. The van der Waals surface area contributed by atoms with E-state index in [1.165, 1.54) is 13.8 Å². The molecular formula is C18H24O6. The van der Waals surface area contributed by atoms with Crippen LogP contribution in [0.25, 0.3) is 0 Å². The summed E-state index contributed by atoms with van der Waals surface area (Å²) in [7, 11) is 1.58. The minimum Gasteiger partial charge on any atom is -0.497 e. The van der Waals surface area contributed by atoms with Crippen LogP contribution >= 0.6 is 0 Å². The number of hydrogen-bond donors (Lipinski definition) is 0. The summed E-state index contributed by atoms with van der Waals surface area (Å²) >= 11 is 0. The van der Waals surface area contributed by atoms with Gasteiger partial charge in [-0.2, -0.15) is 0 Å². The molecule has 0 radical (unpaired) electrons. The van der Waals surface area contributed by atoms with E-state index in [9.17, 15) is 9.59 Å². The largest absolute Gasteiger partial charge is 0.497 e. The van der Waals surface area contributed by atoms with Gasteiger partial charge in [-0.25, -0.2) is 0 Å². The van der Waals surface area contributed by atoms with Crippen molar-refractivity contribution >= 4 is 11.9 Å². The molecule has 0 unspecified atom stereocenters. The maximum atomic E-state index is 11.4. The number of carbonyl (C=O) groups excluding carboxylic acids is 2. The van der Waals surface area contributed by atoms with Gasteiger partial charge in [0.1, 0.15) is 23.7 Å². The molecule has 0 spiro atoms. The van der Waals surface area contributed by atoms with Crippen LogP contribution in [0.5, 0.6) is 11.5 Å². The molecule has 0 heterocycles. The molecule has 0 aliphatic heterocycles. The molecule has 24 heavy (non-hydrogen) atoms. The molecule has 0 aliphatic carbocycles. The molecule has 132 valence electrons. The van der Waals surface area contributed by atoms with Gasteiger partial charge in [0.25, 0.3) is 0 Å². The van der Waals surface area contributed by atoms with Crippen LogP contribution in [0.1, 0.15) is 27.2 Å². The molecule has 0 saturated heterocycles. The standard InChI is InChI=1S/C18H24O6/c1-6-7-17(23-13(3)19)18(24-14(4)20)12(2)22-16-10-8-15(21-5)9-11-16/h6,8-12,17-18H,1,7H2,2-5H3/t12-,17+,18-/m1/s1. The smallest absolute Gasteiger partial charge is 0.303 e. The van der Waals surface area contributed by atoms with Crippen LogP contribution in [0.15, 0.2) is 36.9 Å². The van der Waals surface area contributed by atoms with Crippen molar-refractivity contribution in [3.63, 3.8) is 0 Å². The van der Waals surface area contributed by atoms with Crippen LogP contribution < -0.4 is 9.47 Å². The van der Waals surface area contributed by atoms with Crippen molar-refractivity contribution in [2.75, 3.05) is 7.11 Å². The number of carbonyl (C=O) groups is 2. The van der Waals surface area contributed by atoms with Gasteiger partial charge in [0.2, 0.25) is 0 Å². The topological polar surface area (TPSA) is 71.1 Å². The monoisotopic (exact) mass is 336 g/mol. The Hall–Kier alpha value is -2.50. The quantitative estimate of drug-likeness (QED) is 0.510. The summed E-state index contributed by atoms with van der Waals surface area (Å²) in [6.45, 7) is 7.99. The molecular weight excluding hydrogens is 312 g/mol. The SMILES string of the molecule is C=CC[C@H](OC(C)=O)[C@H](OC(C)=O)[C@@H](C)Oc1ccc(OC)cc1. The Morgan fingerprint density at radius 2 is 1.62 bits per heavy atom. The van der Waals surface area contributed by atoms with Crippen LogP contribution in [0.2, 0.25) is 0 Å². The second-order valence-corrected chi connectivity index (χ2v) is 5.24. The molecule has 0 bridgehead atoms. The van der Waals surface area contributed by atoms with Crippen molar-refractivity contribution < 1.29 is 28.5 Å². The molecule has 0 aromatic heterocycles. The number of benzene rings is 1. The summed E-state index contributed by atoms with van der Waals surface area (Å²) in [5.74, 6) is 0.346. The molecule has 0 amide bonds. The average molecular weight is 336 g/mol. The van der Waals surface area contributed by atoms with Gasteiger partial charge < -0.3 is 18.9 Å². The predicted octanol–water partition coefficient (Wildman–Crippen LogP) is 2.90. The first-order valence-corrected chi connectivity index (χ1v) is 7.63. The lowest BCUT2D eigenvalue weighted by Crippen LogP contribution is -2.44. The lowest BCUT2D eigenvalue weighted by Gasteiger charge is -2.30. The maximum Gasteiger partial charge on any atom is 0.303 e. The van der Waals surface area contributed by atoms with Crippen molar-refractivity contribution in [1.82, 2.24) is 0 Å². The van der Waals surface area contributed by atoms with Crippen LogP contribution in [0, 0.1) is 0 Å². The van der Waals surface area contributed by atoms with Gasteiger partial charge >= 0.3 is 11.9 Å². The van der Waals surface area contributed by atoms with E-state index in [0.717, 1.165) is 0 Å². The Morgan fingerprint density at radius 1 is 1.08 bits per heavy atom. The van der Waals surface area contributed by atoms with Crippen LogP contribution in [-0.2, 0) is 19.1 Å². The fourth-order valence-corrected chi connectivity index (χ4v) is 2.23. The van der Waals surface area contributed by atoms with Gasteiger partial charge in [0.05, 0.1) is 7.11 Å². The number of methoxy groups -OCH3 is 1. The average Bonchev–Trinajstić information content (AvgIpc) is 2.52. The number of esters is 2. The third kappa shape index (κ3) is 6.32. The van der Waals surface area contributed by atoms with E-state index < -0.39 is 30.3 Å². The highest BCUT2D eigenvalue weighted by molar-refractivity contribution is 5.67. The van der Waals surface area contributed by atoms with E-state index >= 15 is 0 Å². The summed E-state index contributed by atoms with van der Waals surface area (Å²) in [5, 5.41) is 0. The third-order valence-corrected chi connectivity index (χ3v) is 3.23. The maximum absolute atomic E-state index is 11.4. The van der Waals surface area contributed by atoms with Crippen molar-refractivity contribution in [2.45, 2.75) is 45.5 Å². The lowest BCUT2D eigenvalue weighted by molar-refractivity contribution is -0.172. The molecule has 0 N–H and O–H groups in total. The van der Waals surface area contributed by atoms with Crippen molar-refractivity contribution in [3.05, 3.63) is 36.9 Å². The highest BCUT2D eigenvalue weighted by Gasteiger charge is 2.33. The van der Waals surface area contributed by atoms with Crippen LogP contribution in [0.4, 0.5) is 0 Å². The van der Waals surface area contributed by atoms with Gasteiger partial charge in [-0.1, -0.05) is 6.08 Å². The first-order valence-electron chi connectivity index (χ1n) is 7.63. The molecule has 6 heteroatoms. The summed E-state index contributed by atoms with van der Waals surface area (Å²) in [6, 6.07) is 7.01. The number of rotatable bonds is 9. The second kappa shape index (κ2) is 9.60. The fraction of sp³-hybridized carbons (Fsp3) is 0.444.